The van der Waals surface area contributed by atoms with Crippen LogP contribution in [0.4, 0.5) is 5.95 Å². The monoisotopic (exact) mass is 300 g/mol. The summed E-state index contributed by atoms with van der Waals surface area (Å²) in [6.45, 7) is 1.87. The van der Waals surface area contributed by atoms with Crippen LogP contribution in [0.3, 0.4) is 0 Å². The fourth-order valence-electron chi connectivity index (χ4n) is 3.66. The molecule has 0 amide bonds. The Hall–Kier alpha value is -1.62. The number of H-pyrrole nitrogens is 1. The van der Waals surface area contributed by atoms with Crippen molar-refractivity contribution in [2.24, 2.45) is 0 Å². The second kappa shape index (κ2) is 5.30. The number of hydrogen-bond acceptors (Lipinski definition) is 3. The highest BCUT2D eigenvalue weighted by Gasteiger charge is 2.26. The van der Waals surface area contributed by atoms with Crippen LogP contribution in [0.15, 0.2) is 24.3 Å². The molecule has 0 bridgehead atoms. The molecule has 5 heteroatoms. The number of nitrogens with zero attached hydrogens (tertiary/aromatic N) is 3. The average molecular weight is 300 g/mol. The Balaban J connectivity index is 1.66. The number of anilines is 1. The number of aromatic nitrogens is 3. The molecule has 1 fully saturated rings. The maximum atomic E-state index is 5.49. The predicted octanol–water partition coefficient (Wildman–Crippen LogP) is 3.97. The van der Waals surface area contributed by atoms with Gasteiger partial charge in [0.2, 0.25) is 5.95 Å². The number of aromatic amines is 1. The molecule has 1 aromatic carbocycles. The number of benzene rings is 1. The molecule has 1 saturated carbocycles. The fourth-order valence-corrected chi connectivity index (χ4v) is 3.94. The zero-order chi connectivity index (χ0) is 14.2. The van der Waals surface area contributed by atoms with Crippen molar-refractivity contribution in [1.82, 2.24) is 14.8 Å². The van der Waals surface area contributed by atoms with E-state index in [-0.39, 0.29) is 0 Å². The lowest BCUT2D eigenvalue weighted by atomic mass is 9.95. The summed E-state index contributed by atoms with van der Waals surface area (Å²) in [6, 6.07) is 9.16. The molecule has 2 aliphatic rings. The van der Waals surface area contributed by atoms with Crippen LogP contribution in [0.1, 0.15) is 49.3 Å². The Morgan fingerprint density at radius 1 is 1.05 bits per heavy atom. The SMILES string of the molecule is S=c1[nH]nc(N2Cc3ccccc3C2)n1C1CCCCC1. The minimum atomic E-state index is 0.517. The van der Waals surface area contributed by atoms with Crippen LogP contribution in [0.2, 0.25) is 0 Å². The molecule has 1 aliphatic carbocycles. The molecule has 4 nitrogen and oxygen atoms in total. The molecule has 0 saturated heterocycles. The second-order valence-electron chi connectivity index (χ2n) is 6.12. The maximum absolute atomic E-state index is 5.49. The zero-order valence-corrected chi connectivity index (χ0v) is 12.9. The quantitative estimate of drug-likeness (QED) is 0.853. The van der Waals surface area contributed by atoms with Gasteiger partial charge in [0.05, 0.1) is 0 Å². The number of hydrogen-bond donors (Lipinski definition) is 1. The molecule has 0 atom stereocenters. The number of nitrogens with one attached hydrogen (secondary N) is 1. The van der Waals surface area contributed by atoms with Crippen molar-refractivity contribution < 1.29 is 0 Å². The number of rotatable bonds is 2. The van der Waals surface area contributed by atoms with Crippen LogP contribution in [0, 0.1) is 4.77 Å². The Morgan fingerprint density at radius 2 is 1.71 bits per heavy atom. The van der Waals surface area contributed by atoms with E-state index in [4.69, 9.17) is 12.2 Å². The topological polar surface area (TPSA) is 36.9 Å². The van der Waals surface area contributed by atoms with Crippen molar-refractivity contribution in [2.45, 2.75) is 51.2 Å². The molecule has 2 heterocycles. The summed E-state index contributed by atoms with van der Waals surface area (Å²) < 4.78 is 3.04. The first-order valence-electron chi connectivity index (χ1n) is 7.81. The van der Waals surface area contributed by atoms with Gasteiger partial charge in [0.25, 0.3) is 0 Å². The highest BCUT2D eigenvalue weighted by Crippen LogP contribution is 2.34. The minimum Gasteiger partial charge on any atom is -0.332 e. The largest absolute Gasteiger partial charge is 0.332 e. The van der Waals surface area contributed by atoms with E-state index in [0.29, 0.717) is 6.04 Å². The van der Waals surface area contributed by atoms with Gasteiger partial charge in [0.1, 0.15) is 0 Å². The predicted molar refractivity (Wildman–Crippen MR) is 85.9 cm³/mol. The molecule has 4 rings (SSSR count). The Bertz CT molecular complexity index is 671. The van der Waals surface area contributed by atoms with E-state index in [9.17, 15) is 0 Å². The first-order valence-corrected chi connectivity index (χ1v) is 8.22. The van der Waals surface area contributed by atoms with Gasteiger partial charge in [0.15, 0.2) is 4.77 Å². The van der Waals surface area contributed by atoms with Crippen molar-refractivity contribution in [2.75, 3.05) is 4.90 Å². The van der Waals surface area contributed by atoms with Gasteiger partial charge in [-0.2, -0.15) is 0 Å². The first-order chi connectivity index (χ1) is 10.3. The molecule has 0 radical (unpaired) electrons. The molecule has 1 aromatic heterocycles. The molecule has 2 aromatic rings. The fraction of sp³-hybridized carbons (Fsp3) is 0.500. The van der Waals surface area contributed by atoms with Gasteiger partial charge in [-0.1, -0.05) is 43.5 Å². The summed E-state index contributed by atoms with van der Waals surface area (Å²) in [4.78, 5) is 2.34. The van der Waals surface area contributed by atoms with Gasteiger partial charge in [-0.05, 0) is 36.2 Å². The van der Waals surface area contributed by atoms with E-state index in [1.165, 1.54) is 43.2 Å². The lowest BCUT2D eigenvalue weighted by Crippen LogP contribution is -2.23. The Labute approximate surface area is 129 Å². The van der Waals surface area contributed by atoms with Crippen molar-refractivity contribution in [3.8, 4) is 0 Å². The first kappa shape index (κ1) is 13.1. The van der Waals surface area contributed by atoms with Crippen molar-refractivity contribution in [3.63, 3.8) is 0 Å². The highest BCUT2D eigenvalue weighted by molar-refractivity contribution is 7.71. The van der Waals surface area contributed by atoms with Gasteiger partial charge >= 0.3 is 0 Å². The summed E-state index contributed by atoms with van der Waals surface area (Å²) in [6.07, 6.45) is 6.41. The van der Waals surface area contributed by atoms with E-state index in [0.717, 1.165) is 23.8 Å². The van der Waals surface area contributed by atoms with Crippen LogP contribution < -0.4 is 4.90 Å². The van der Waals surface area contributed by atoms with E-state index >= 15 is 0 Å². The lowest BCUT2D eigenvalue weighted by molar-refractivity contribution is 0.350. The summed E-state index contributed by atoms with van der Waals surface area (Å²) in [5.41, 5.74) is 2.81. The summed E-state index contributed by atoms with van der Waals surface area (Å²) in [5.74, 6) is 1.02. The van der Waals surface area contributed by atoms with Gasteiger partial charge in [-0.3, -0.25) is 4.57 Å². The van der Waals surface area contributed by atoms with E-state index in [1.54, 1.807) is 0 Å². The van der Waals surface area contributed by atoms with Gasteiger partial charge < -0.3 is 4.90 Å². The van der Waals surface area contributed by atoms with Gasteiger partial charge in [-0.25, -0.2) is 5.10 Å². The van der Waals surface area contributed by atoms with Crippen molar-refractivity contribution in [1.29, 1.82) is 0 Å². The van der Waals surface area contributed by atoms with Crippen LogP contribution in [0.25, 0.3) is 0 Å². The third-order valence-electron chi connectivity index (χ3n) is 4.75. The normalized spacial score (nSPS) is 19.0. The molecule has 1 aliphatic heterocycles. The van der Waals surface area contributed by atoms with Gasteiger partial charge in [0, 0.05) is 19.1 Å². The smallest absolute Gasteiger partial charge is 0.226 e. The van der Waals surface area contributed by atoms with Crippen LogP contribution in [-0.4, -0.2) is 14.8 Å². The average Bonchev–Trinajstić information content (AvgIpc) is 3.11. The molecular formula is C16H20N4S. The molecule has 0 spiro atoms. The molecule has 0 unspecified atom stereocenters. The highest BCUT2D eigenvalue weighted by atomic mass is 32.1. The minimum absolute atomic E-state index is 0.517. The summed E-state index contributed by atoms with van der Waals surface area (Å²) >= 11 is 5.49. The van der Waals surface area contributed by atoms with Crippen molar-refractivity contribution >= 4 is 18.2 Å². The molecular weight excluding hydrogens is 280 g/mol. The number of fused-ring (bicyclic) bond motifs is 1. The van der Waals surface area contributed by atoms with Crippen LogP contribution in [-0.2, 0) is 13.1 Å². The lowest BCUT2D eigenvalue weighted by Gasteiger charge is -2.26. The molecule has 21 heavy (non-hydrogen) atoms. The Morgan fingerprint density at radius 3 is 2.38 bits per heavy atom. The van der Waals surface area contributed by atoms with Gasteiger partial charge in [-0.15, -0.1) is 5.10 Å². The van der Waals surface area contributed by atoms with E-state index in [1.807, 2.05) is 0 Å². The van der Waals surface area contributed by atoms with Crippen molar-refractivity contribution in [3.05, 3.63) is 40.2 Å². The van der Waals surface area contributed by atoms with Crippen LogP contribution in [0.5, 0.6) is 0 Å². The second-order valence-corrected chi connectivity index (χ2v) is 6.50. The van der Waals surface area contributed by atoms with E-state index in [2.05, 4.69) is 43.9 Å². The molecule has 110 valence electrons. The maximum Gasteiger partial charge on any atom is 0.226 e. The third-order valence-corrected chi connectivity index (χ3v) is 5.04. The molecule has 1 N–H and O–H groups in total. The van der Waals surface area contributed by atoms with E-state index < -0.39 is 0 Å². The van der Waals surface area contributed by atoms with Crippen LogP contribution >= 0.6 is 12.2 Å². The summed E-state index contributed by atoms with van der Waals surface area (Å²) in [7, 11) is 0. The standard InChI is InChI=1S/C16H20N4S/c21-16-18-17-15(20(16)14-8-2-1-3-9-14)19-10-12-6-4-5-7-13(12)11-19/h4-7,14H,1-3,8-11H2,(H,18,21). The summed E-state index contributed by atoms with van der Waals surface area (Å²) in [5, 5.41) is 7.54. The zero-order valence-electron chi connectivity index (χ0n) is 12.1. The Kier molecular flexibility index (Phi) is 3.30. The third kappa shape index (κ3) is 2.29.